The topological polar surface area (TPSA) is 76.6 Å². The highest BCUT2D eigenvalue weighted by Crippen LogP contribution is 2.38. The van der Waals surface area contributed by atoms with E-state index >= 15 is 0 Å². The largest absolute Gasteiger partial charge is 0.434 e. The summed E-state index contributed by atoms with van der Waals surface area (Å²) in [7, 11) is 0. The maximum Gasteiger partial charge on any atom is 0.394 e. The lowest BCUT2D eigenvalue weighted by Gasteiger charge is -2.12. The van der Waals surface area contributed by atoms with E-state index in [2.05, 4.69) is 4.74 Å². The number of hydrogen-bond donors (Lipinski definition) is 2. The van der Waals surface area contributed by atoms with Gasteiger partial charge in [0, 0.05) is 5.56 Å². The Balaban J connectivity index is 2.25. The highest BCUT2D eigenvalue weighted by Gasteiger charge is 2.18. The van der Waals surface area contributed by atoms with Crippen molar-refractivity contribution in [1.82, 2.24) is 9.46 Å². The van der Waals surface area contributed by atoms with Crippen molar-refractivity contribution >= 4 is 22.6 Å². The van der Waals surface area contributed by atoms with E-state index in [1.54, 1.807) is 0 Å². The number of aromatic nitrogens is 2. The quantitative estimate of drug-likeness (QED) is 0.717. The fourth-order valence-corrected chi connectivity index (χ4v) is 2.58. The molecule has 0 spiro atoms. The molecule has 0 fully saturated rings. The Kier molecular flexibility index (Phi) is 3.61. The number of rotatable bonds is 3. The fourth-order valence-electron chi connectivity index (χ4n) is 2.30. The van der Waals surface area contributed by atoms with Crippen LogP contribution in [0.4, 0.5) is 8.78 Å². The molecule has 0 saturated carbocycles. The van der Waals surface area contributed by atoms with Crippen molar-refractivity contribution in [2.24, 2.45) is 0 Å². The molecular weight excluding hydrogens is 334 g/mol. The van der Waals surface area contributed by atoms with Gasteiger partial charge in [0.15, 0.2) is 0 Å². The maximum atomic E-state index is 12.5. The molecule has 120 valence electrons. The maximum absolute atomic E-state index is 12.5. The number of ether oxygens (including phenoxy) is 1. The van der Waals surface area contributed by atoms with E-state index < -0.39 is 12.3 Å². The van der Waals surface area contributed by atoms with Crippen molar-refractivity contribution in [3.05, 3.63) is 51.9 Å². The molecule has 2 N–H and O–H groups in total. The van der Waals surface area contributed by atoms with Crippen LogP contribution in [-0.4, -0.2) is 26.5 Å². The Morgan fingerprint density at radius 3 is 2.48 bits per heavy atom. The molecule has 0 radical (unpaired) electrons. The minimum Gasteiger partial charge on any atom is -0.434 e. The van der Waals surface area contributed by atoms with Gasteiger partial charge in [-0.3, -0.25) is 0 Å². The van der Waals surface area contributed by atoms with Crippen LogP contribution in [0.25, 0.3) is 22.2 Å². The Morgan fingerprint density at radius 2 is 1.78 bits per heavy atom. The van der Waals surface area contributed by atoms with Gasteiger partial charge in [0.2, 0.25) is 0 Å². The van der Waals surface area contributed by atoms with E-state index in [0.717, 1.165) is 0 Å². The number of alkyl halides is 2. The zero-order chi connectivity index (χ0) is 16.7. The van der Waals surface area contributed by atoms with Gasteiger partial charge in [-0.1, -0.05) is 23.7 Å². The highest BCUT2D eigenvalue weighted by molar-refractivity contribution is 6.33. The molecule has 0 bridgehead atoms. The molecule has 3 aromatic rings. The van der Waals surface area contributed by atoms with E-state index in [1.165, 1.54) is 36.4 Å². The SMILES string of the molecule is O=c1n(O)c2ccc(-c3c(Cl)cccc3OC(F)F)cc2n1O. The van der Waals surface area contributed by atoms with E-state index in [9.17, 15) is 24.0 Å². The van der Waals surface area contributed by atoms with Crippen molar-refractivity contribution in [3.63, 3.8) is 0 Å². The third kappa shape index (κ3) is 2.46. The van der Waals surface area contributed by atoms with Crippen LogP contribution < -0.4 is 10.4 Å². The lowest BCUT2D eigenvalue weighted by molar-refractivity contribution is -0.0494. The number of nitrogens with zero attached hydrogens (tertiary/aromatic N) is 2. The summed E-state index contributed by atoms with van der Waals surface area (Å²) in [5.41, 5.74) is -0.524. The first-order valence-electron chi connectivity index (χ1n) is 6.30. The van der Waals surface area contributed by atoms with Crippen LogP contribution >= 0.6 is 11.6 Å². The highest BCUT2D eigenvalue weighted by atomic mass is 35.5. The van der Waals surface area contributed by atoms with E-state index in [0.29, 0.717) is 5.56 Å². The number of benzene rings is 2. The van der Waals surface area contributed by atoms with Gasteiger partial charge in [0.1, 0.15) is 16.8 Å². The number of halogens is 3. The normalized spacial score (nSPS) is 11.3. The van der Waals surface area contributed by atoms with E-state index in [1.807, 2.05) is 0 Å². The molecule has 0 aliphatic carbocycles. The van der Waals surface area contributed by atoms with Crippen molar-refractivity contribution in [1.29, 1.82) is 0 Å². The number of hydrogen-bond acceptors (Lipinski definition) is 4. The zero-order valence-electron chi connectivity index (χ0n) is 11.3. The summed E-state index contributed by atoms with van der Waals surface area (Å²) in [6, 6.07) is 8.38. The van der Waals surface area contributed by atoms with Crippen LogP contribution in [0.1, 0.15) is 0 Å². The second-order valence-electron chi connectivity index (χ2n) is 4.60. The molecule has 0 amide bonds. The molecule has 23 heavy (non-hydrogen) atoms. The van der Waals surface area contributed by atoms with Crippen molar-refractivity contribution in [2.75, 3.05) is 0 Å². The summed E-state index contributed by atoms with van der Waals surface area (Å²) in [5, 5.41) is 19.4. The molecule has 0 aliphatic heterocycles. The van der Waals surface area contributed by atoms with Gasteiger partial charge in [0.05, 0.1) is 5.02 Å². The monoisotopic (exact) mass is 342 g/mol. The third-order valence-corrected chi connectivity index (χ3v) is 3.59. The lowest BCUT2D eigenvalue weighted by atomic mass is 10.0. The van der Waals surface area contributed by atoms with Gasteiger partial charge >= 0.3 is 12.3 Å². The summed E-state index contributed by atoms with van der Waals surface area (Å²) in [6.07, 6.45) is 0. The van der Waals surface area contributed by atoms with Crippen LogP contribution in [0.5, 0.6) is 5.75 Å². The molecule has 0 saturated heterocycles. The molecule has 3 rings (SSSR count). The molecule has 0 aliphatic rings. The van der Waals surface area contributed by atoms with Gasteiger partial charge in [-0.25, -0.2) is 4.79 Å². The van der Waals surface area contributed by atoms with Crippen molar-refractivity contribution < 1.29 is 23.9 Å². The molecule has 2 aromatic carbocycles. The summed E-state index contributed by atoms with van der Waals surface area (Å²) >= 11 is 6.06. The first-order valence-corrected chi connectivity index (χ1v) is 6.67. The van der Waals surface area contributed by atoms with E-state index in [4.69, 9.17) is 11.6 Å². The molecule has 9 heteroatoms. The van der Waals surface area contributed by atoms with Gasteiger partial charge in [-0.2, -0.15) is 8.78 Å². The molecule has 1 heterocycles. The predicted octanol–water partition coefficient (Wildman–Crippen LogP) is 3.20. The molecular formula is C14H9ClF2N2O4. The van der Waals surface area contributed by atoms with Gasteiger partial charge in [-0.15, -0.1) is 9.46 Å². The van der Waals surface area contributed by atoms with Crippen LogP contribution in [0.2, 0.25) is 5.02 Å². The summed E-state index contributed by atoms with van der Waals surface area (Å²) < 4.78 is 30.0. The fraction of sp³-hybridized carbons (Fsp3) is 0.0714. The van der Waals surface area contributed by atoms with Crippen molar-refractivity contribution in [2.45, 2.75) is 6.61 Å². The number of fused-ring (bicyclic) bond motifs is 1. The summed E-state index contributed by atoms with van der Waals surface area (Å²) in [6.45, 7) is -3.04. The molecule has 0 atom stereocenters. The molecule has 1 aromatic heterocycles. The first-order chi connectivity index (χ1) is 10.9. The van der Waals surface area contributed by atoms with Crippen LogP contribution in [0, 0.1) is 0 Å². The van der Waals surface area contributed by atoms with Gasteiger partial charge < -0.3 is 15.2 Å². The smallest absolute Gasteiger partial charge is 0.394 e. The van der Waals surface area contributed by atoms with E-state index in [-0.39, 0.29) is 36.8 Å². The second kappa shape index (κ2) is 5.47. The van der Waals surface area contributed by atoms with Crippen molar-refractivity contribution in [3.8, 4) is 16.9 Å². The van der Waals surface area contributed by atoms with Gasteiger partial charge in [-0.05, 0) is 29.8 Å². The first kappa shape index (κ1) is 15.2. The summed E-state index contributed by atoms with van der Waals surface area (Å²) in [4.78, 5) is 11.5. The lowest BCUT2D eigenvalue weighted by Crippen LogP contribution is -2.20. The molecule has 6 nitrogen and oxygen atoms in total. The average Bonchev–Trinajstić information content (AvgIpc) is 2.71. The minimum atomic E-state index is -3.04. The average molecular weight is 343 g/mol. The standard InChI is InChI=1S/C14H9ClF2N2O4/c15-8-2-1-3-11(23-13(16)17)12(8)7-4-5-9-10(6-7)19(22)14(20)18(9)21/h1-6,13,21-22H. The third-order valence-electron chi connectivity index (χ3n) is 3.27. The predicted molar refractivity (Wildman–Crippen MR) is 77.6 cm³/mol. The van der Waals surface area contributed by atoms with Crippen LogP contribution in [-0.2, 0) is 0 Å². The second-order valence-corrected chi connectivity index (χ2v) is 5.01. The van der Waals surface area contributed by atoms with Crippen LogP contribution in [0.3, 0.4) is 0 Å². The van der Waals surface area contributed by atoms with Crippen LogP contribution in [0.15, 0.2) is 41.2 Å². The summed E-state index contributed by atoms with van der Waals surface area (Å²) in [5.74, 6) is -0.151. The minimum absolute atomic E-state index is 0.0158. The number of imidazole rings is 1. The Hall–Kier alpha value is -2.74. The molecule has 0 unspecified atom stereocenters. The van der Waals surface area contributed by atoms with Gasteiger partial charge in [0.25, 0.3) is 0 Å². The Morgan fingerprint density at radius 1 is 1.09 bits per heavy atom. The zero-order valence-corrected chi connectivity index (χ0v) is 12.0. The Labute approximate surface area is 132 Å². The Bertz CT molecular complexity index is 952.